The molecule has 0 N–H and O–H groups in total. The summed E-state index contributed by atoms with van der Waals surface area (Å²) in [5, 5.41) is 0. The highest BCUT2D eigenvalue weighted by Crippen LogP contribution is 2.04. The van der Waals surface area contributed by atoms with Crippen molar-refractivity contribution in [2.45, 2.75) is 13.8 Å². The lowest BCUT2D eigenvalue weighted by Crippen LogP contribution is -2.01. The highest BCUT2D eigenvalue weighted by atomic mass is 19.1. The quantitative estimate of drug-likeness (QED) is 0.349. The van der Waals surface area contributed by atoms with Gasteiger partial charge in [0, 0.05) is 5.57 Å². The van der Waals surface area contributed by atoms with E-state index >= 15 is 0 Å². The lowest BCUT2D eigenvalue weighted by atomic mass is 10.2. The molecule has 0 saturated heterocycles. The molecule has 0 bridgehead atoms. The van der Waals surface area contributed by atoms with Crippen LogP contribution in [0, 0.1) is 0 Å². The van der Waals surface area contributed by atoms with Crippen molar-refractivity contribution in [1.82, 2.24) is 0 Å². The van der Waals surface area contributed by atoms with E-state index in [4.69, 9.17) is 0 Å². The van der Waals surface area contributed by atoms with E-state index in [0.717, 1.165) is 6.08 Å². The number of ether oxygens (including phenoxy) is 1. The normalized spacial score (nSPS) is 13.1. The van der Waals surface area contributed by atoms with Crippen LogP contribution in [0.15, 0.2) is 23.6 Å². The van der Waals surface area contributed by atoms with E-state index in [-0.39, 0.29) is 5.57 Å². The van der Waals surface area contributed by atoms with Gasteiger partial charge in [-0.05, 0) is 19.9 Å². The molecule has 0 aliphatic rings. The van der Waals surface area contributed by atoms with Crippen LogP contribution in [-0.2, 0) is 9.53 Å². The van der Waals surface area contributed by atoms with Crippen LogP contribution in [0.5, 0.6) is 0 Å². The molecular formula is C8H11FO2. The standard InChI is InChI=1S/C8H11FO2/c1-4-7(9)5-6(2)8(10)11-3/h4-5H,1-3H3. The van der Waals surface area contributed by atoms with Gasteiger partial charge in [-0.3, -0.25) is 0 Å². The summed E-state index contributed by atoms with van der Waals surface area (Å²) in [5.41, 5.74) is 0.253. The number of allylic oxidation sites excluding steroid dienone is 3. The van der Waals surface area contributed by atoms with E-state index < -0.39 is 11.8 Å². The van der Waals surface area contributed by atoms with E-state index in [2.05, 4.69) is 4.74 Å². The first-order chi connectivity index (χ1) is 5.11. The SMILES string of the molecule is CC=C(F)C=C(C)C(=O)OC. The molecule has 0 saturated carbocycles. The van der Waals surface area contributed by atoms with Crippen LogP contribution < -0.4 is 0 Å². The molecule has 0 unspecified atom stereocenters. The fourth-order valence-electron chi connectivity index (χ4n) is 0.510. The van der Waals surface area contributed by atoms with Gasteiger partial charge in [0.15, 0.2) is 0 Å². The Morgan fingerprint density at radius 3 is 2.45 bits per heavy atom. The van der Waals surface area contributed by atoms with E-state index in [1.165, 1.54) is 20.1 Å². The molecule has 0 aromatic heterocycles. The minimum Gasteiger partial charge on any atom is -0.466 e. The van der Waals surface area contributed by atoms with Gasteiger partial charge in [0.1, 0.15) is 5.83 Å². The Kier molecular flexibility index (Phi) is 4.18. The Hall–Kier alpha value is -1.12. The first kappa shape index (κ1) is 9.88. The van der Waals surface area contributed by atoms with Gasteiger partial charge in [0.2, 0.25) is 0 Å². The van der Waals surface area contributed by atoms with Crippen molar-refractivity contribution in [3.63, 3.8) is 0 Å². The third-order valence-corrected chi connectivity index (χ3v) is 1.14. The van der Waals surface area contributed by atoms with Crippen molar-refractivity contribution in [1.29, 1.82) is 0 Å². The van der Waals surface area contributed by atoms with Crippen LogP contribution in [-0.4, -0.2) is 13.1 Å². The van der Waals surface area contributed by atoms with Crippen molar-refractivity contribution in [3.8, 4) is 0 Å². The maximum atomic E-state index is 12.5. The van der Waals surface area contributed by atoms with Crippen molar-refractivity contribution >= 4 is 5.97 Å². The Balaban J connectivity index is 4.34. The van der Waals surface area contributed by atoms with Crippen molar-refractivity contribution < 1.29 is 13.9 Å². The van der Waals surface area contributed by atoms with E-state index in [1.807, 2.05) is 0 Å². The fraction of sp³-hybridized carbons (Fsp3) is 0.375. The minimum absolute atomic E-state index is 0.253. The highest BCUT2D eigenvalue weighted by molar-refractivity contribution is 5.88. The van der Waals surface area contributed by atoms with Gasteiger partial charge in [0.25, 0.3) is 0 Å². The maximum Gasteiger partial charge on any atom is 0.333 e. The topological polar surface area (TPSA) is 26.3 Å². The molecule has 2 nitrogen and oxygen atoms in total. The molecule has 0 aromatic rings. The second kappa shape index (κ2) is 4.66. The van der Waals surface area contributed by atoms with Gasteiger partial charge in [0.05, 0.1) is 7.11 Å². The van der Waals surface area contributed by atoms with Crippen LogP contribution in [0.2, 0.25) is 0 Å². The Morgan fingerprint density at radius 2 is 2.09 bits per heavy atom. The lowest BCUT2D eigenvalue weighted by molar-refractivity contribution is -0.136. The number of rotatable bonds is 2. The first-order valence-corrected chi connectivity index (χ1v) is 3.20. The molecule has 0 amide bonds. The Labute approximate surface area is 65.4 Å². The van der Waals surface area contributed by atoms with Crippen LogP contribution in [0.25, 0.3) is 0 Å². The zero-order chi connectivity index (χ0) is 8.85. The largest absolute Gasteiger partial charge is 0.466 e. The van der Waals surface area contributed by atoms with Gasteiger partial charge >= 0.3 is 5.97 Å². The van der Waals surface area contributed by atoms with E-state index in [0.29, 0.717) is 0 Å². The van der Waals surface area contributed by atoms with Gasteiger partial charge < -0.3 is 4.74 Å². The molecule has 0 heterocycles. The molecule has 0 radical (unpaired) electrons. The molecule has 0 spiro atoms. The third-order valence-electron chi connectivity index (χ3n) is 1.14. The molecule has 62 valence electrons. The molecule has 0 atom stereocenters. The summed E-state index contributed by atoms with van der Waals surface area (Å²) in [7, 11) is 1.26. The summed E-state index contributed by atoms with van der Waals surface area (Å²) in [5.74, 6) is -0.949. The summed E-state index contributed by atoms with van der Waals surface area (Å²) in [6.45, 7) is 3.05. The molecule has 11 heavy (non-hydrogen) atoms. The minimum atomic E-state index is -0.512. The zero-order valence-corrected chi connectivity index (χ0v) is 6.85. The highest BCUT2D eigenvalue weighted by Gasteiger charge is 2.02. The molecule has 3 heteroatoms. The van der Waals surface area contributed by atoms with Gasteiger partial charge in [-0.1, -0.05) is 6.08 Å². The van der Waals surface area contributed by atoms with Gasteiger partial charge in [-0.2, -0.15) is 0 Å². The van der Waals surface area contributed by atoms with Crippen molar-refractivity contribution in [2.24, 2.45) is 0 Å². The predicted octanol–water partition coefficient (Wildman–Crippen LogP) is 1.98. The number of carbonyl (C=O) groups excluding carboxylic acids is 1. The van der Waals surface area contributed by atoms with Crippen molar-refractivity contribution in [2.75, 3.05) is 7.11 Å². The van der Waals surface area contributed by atoms with E-state index in [1.54, 1.807) is 6.92 Å². The van der Waals surface area contributed by atoms with Crippen LogP contribution in [0.3, 0.4) is 0 Å². The number of carbonyl (C=O) groups is 1. The molecule has 0 aliphatic heterocycles. The number of esters is 1. The number of hydrogen-bond acceptors (Lipinski definition) is 2. The summed E-state index contributed by atoms with van der Waals surface area (Å²) in [4.78, 5) is 10.7. The van der Waals surface area contributed by atoms with Crippen LogP contribution in [0.1, 0.15) is 13.8 Å². The lowest BCUT2D eigenvalue weighted by Gasteiger charge is -1.96. The molecule has 0 aliphatic carbocycles. The number of hydrogen-bond donors (Lipinski definition) is 0. The average molecular weight is 158 g/mol. The summed E-state index contributed by atoms with van der Waals surface area (Å²) < 4.78 is 16.8. The van der Waals surface area contributed by atoms with Crippen molar-refractivity contribution in [3.05, 3.63) is 23.6 Å². The predicted molar refractivity (Wildman–Crippen MR) is 40.6 cm³/mol. The first-order valence-electron chi connectivity index (χ1n) is 3.20. The van der Waals surface area contributed by atoms with Gasteiger partial charge in [-0.15, -0.1) is 0 Å². The summed E-state index contributed by atoms with van der Waals surface area (Å²) in [6.07, 6.45) is 2.40. The molecule has 0 aromatic carbocycles. The molecule has 0 fully saturated rings. The number of halogens is 1. The monoisotopic (exact) mass is 158 g/mol. The third kappa shape index (κ3) is 3.55. The summed E-state index contributed by atoms with van der Waals surface area (Å²) in [6, 6.07) is 0. The molecule has 0 rings (SSSR count). The second-order valence-electron chi connectivity index (χ2n) is 1.99. The van der Waals surface area contributed by atoms with E-state index in [9.17, 15) is 9.18 Å². The summed E-state index contributed by atoms with van der Waals surface area (Å²) >= 11 is 0. The average Bonchev–Trinajstić information content (AvgIpc) is 2.02. The smallest absolute Gasteiger partial charge is 0.333 e. The number of methoxy groups -OCH3 is 1. The molecular weight excluding hydrogens is 147 g/mol. The van der Waals surface area contributed by atoms with Gasteiger partial charge in [-0.25, -0.2) is 9.18 Å². The zero-order valence-electron chi connectivity index (χ0n) is 6.85. The fourth-order valence-corrected chi connectivity index (χ4v) is 0.510. The Bertz CT molecular complexity index is 204. The van der Waals surface area contributed by atoms with Crippen LogP contribution in [0.4, 0.5) is 4.39 Å². The van der Waals surface area contributed by atoms with Crippen LogP contribution >= 0.6 is 0 Å². The second-order valence-corrected chi connectivity index (χ2v) is 1.99. The Morgan fingerprint density at radius 1 is 1.55 bits per heavy atom. The maximum absolute atomic E-state index is 12.5.